The number of aliphatic hydroxyl groups is 2. The lowest BCUT2D eigenvalue weighted by Gasteiger charge is -2.38. The molecule has 0 aromatic rings. The van der Waals surface area contributed by atoms with Crippen molar-refractivity contribution in [3.05, 3.63) is 0 Å². The van der Waals surface area contributed by atoms with Crippen LogP contribution in [0.5, 0.6) is 0 Å². The average molecular weight is 396 g/mol. The maximum atomic E-state index is 9.18. The minimum Gasteiger partial charge on any atom is -0.396 e. The first-order valence-corrected chi connectivity index (χ1v) is 6.62. The van der Waals surface area contributed by atoms with Gasteiger partial charge in [-0.25, -0.2) is 0 Å². The highest BCUT2D eigenvalue weighted by Gasteiger charge is 2.38. The number of aliphatic hydroxyl groups excluding tert-OH is 2. The van der Waals surface area contributed by atoms with Gasteiger partial charge >= 0.3 is 0 Å². The SMILES string of the molecule is OCC1(CO)CCC(I)C(I)C1. The number of hydrogen-bond acceptors (Lipinski definition) is 2. The van der Waals surface area contributed by atoms with Gasteiger partial charge in [-0.15, -0.1) is 0 Å². The Bertz CT molecular complexity index is 148. The topological polar surface area (TPSA) is 40.5 Å². The van der Waals surface area contributed by atoms with Gasteiger partial charge in [0.1, 0.15) is 0 Å². The van der Waals surface area contributed by atoms with Gasteiger partial charge in [-0.05, 0) is 19.3 Å². The van der Waals surface area contributed by atoms with E-state index in [1.165, 1.54) is 0 Å². The lowest BCUT2D eigenvalue weighted by atomic mass is 9.75. The number of alkyl halides is 2. The molecule has 0 aliphatic heterocycles. The molecule has 72 valence electrons. The van der Waals surface area contributed by atoms with Crippen molar-refractivity contribution in [1.29, 1.82) is 0 Å². The van der Waals surface area contributed by atoms with Crippen molar-refractivity contribution in [2.45, 2.75) is 27.1 Å². The Hall–Kier alpha value is 1.38. The molecule has 1 saturated carbocycles. The van der Waals surface area contributed by atoms with E-state index in [0.29, 0.717) is 7.85 Å². The van der Waals surface area contributed by atoms with Crippen LogP contribution in [0.15, 0.2) is 0 Å². The van der Waals surface area contributed by atoms with Crippen LogP contribution >= 0.6 is 45.2 Å². The Morgan fingerprint density at radius 3 is 2.17 bits per heavy atom. The predicted octanol–water partition coefficient (Wildman–Crippen LogP) is 1.75. The molecule has 0 aromatic heterocycles. The molecule has 0 amide bonds. The van der Waals surface area contributed by atoms with Crippen LogP contribution < -0.4 is 0 Å². The van der Waals surface area contributed by atoms with Crippen molar-refractivity contribution in [2.75, 3.05) is 13.2 Å². The van der Waals surface area contributed by atoms with E-state index in [9.17, 15) is 10.2 Å². The molecule has 2 nitrogen and oxygen atoms in total. The quantitative estimate of drug-likeness (QED) is 0.552. The molecule has 0 spiro atoms. The minimum absolute atomic E-state index is 0.131. The molecule has 1 fully saturated rings. The van der Waals surface area contributed by atoms with Crippen molar-refractivity contribution in [3.63, 3.8) is 0 Å². The number of halogens is 2. The van der Waals surface area contributed by atoms with Crippen molar-refractivity contribution < 1.29 is 10.2 Å². The fraction of sp³-hybridized carbons (Fsp3) is 1.00. The molecule has 0 heterocycles. The second-order valence-electron chi connectivity index (χ2n) is 3.59. The summed E-state index contributed by atoms with van der Waals surface area (Å²) >= 11 is 4.89. The van der Waals surface area contributed by atoms with Gasteiger partial charge in [0.15, 0.2) is 0 Å². The van der Waals surface area contributed by atoms with Crippen LogP contribution in [-0.2, 0) is 0 Å². The standard InChI is InChI=1S/C8H14I2O2/c9-6-1-2-8(4-11,5-12)3-7(6)10/h6-7,11-12H,1-5H2. The third kappa shape index (κ3) is 2.45. The van der Waals surface area contributed by atoms with Crippen molar-refractivity contribution in [1.82, 2.24) is 0 Å². The summed E-state index contributed by atoms with van der Waals surface area (Å²) in [6.07, 6.45) is 3.04. The van der Waals surface area contributed by atoms with Crippen LogP contribution in [0, 0.1) is 5.41 Å². The Morgan fingerprint density at radius 2 is 1.75 bits per heavy atom. The van der Waals surface area contributed by atoms with Gasteiger partial charge in [0, 0.05) is 13.3 Å². The fourth-order valence-corrected chi connectivity index (χ4v) is 3.47. The largest absolute Gasteiger partial charge is 0.396 e. The van der Waals surface area contributed by atoms with Gasteiger partial charge in [-0.1, -0.05) is 45.2 Å². The smallest absolute Gasteiger partial charge is 0.0509 e. The zero-order valence-corrected chi connectivity index (χ0v) is 11.2. The first kappa shape index (κ1) is 11.5. The predicted molar refractivity (Wildman–Crippen MR) is 66.1 cm³/mol. The first-order valence-electron chi connectivity index (χ1n) is 4.13. The van der Waals surface area contributed by atoms with Crippen molar-refractivity contribution in [2.24, 2.45) is 5.41 Å². The summed E-state index contributed by atoms with van der Waals surface area (Å²) in [6.45, 7) is 0.263. The zero-order chi connectivity index (χ0) is 9.19. The molecule has 1 aliphatic rings. The molecule has 0 saturated heterocycles. The Kier molecular flexibility index (Phi) is 4.53. The van der Waals surface area contributed by atoms with Crippen molar-refractivity contribution >= 4 is 45.2 Å². The zero-order valence-electron chi connectivity index (χ0n) is 6.84. The second-order valence-corrected chi connectivity index (χ2v) is 6.79. The summed E-state index contributed by atoms with van der Waals surface area (Å²) in [5.74, 6) is 0. The summed E-state index contributed by atoms with van der Waals surface area (Å²) in [5.41, 5.74) is -0.187. The maximum absolute atomic E-state index is 9.18. The Labute approximate surface area is 100 Å². The monoisotopic (exact) mass is 396 g/mol. The minimum atomic E-state index is -0.187. The second kappa shape index (κ2) is 4.75. The van der Waals surface area contributed by atoms with Crippen LogP contribution in [0.2, 0.25) is 0 Å². The highest BCUT2D eigenvalue weighted by molar-refractivity contribution is 14.1. The van der Waals surface area contributed by atoms with Gasteiger partial charge in [-0.3, -0.25) is 0 Å². The van der Waals surface area contributed by atoms with Crippen LogP contribution in [0.25, 0.3) is 0 Å². The molecule has 4 heteroatoms. The summed E-state index contributed by atoms with van der Waals surface area (Å²) in [6, 6.07) is 0. The highest BCUT2D eigenvalue weighted by Crippen LogP contribution is 2.41. The van der Waals surface area contributed by atoms with Crippen molar-refractivity contribution in [3.8, 4) is 0 Å². The molecule has 12 heavy (non-hydrogen) atoms. The summed E-state index contributed by atoms with van der Waals surface area (Å²) in [7, 11) is 0. The van der Waals surface area contributed by atoms with Gasteiger partial charge in [0.2, 0.25) is 0 Å². The third-order valence-electron chi connectivity index (χ3n) is 2.64. The van der Waals surface area contributed by atoms with E-state index < -0.39 is 0 Å². The van der Waals surface area contributed by atoms with Crippen LogP contribution in [0.4, 0.5) is 0 Å². The molecule has 2 atom stereocenters. The van der Waals surface area contributed by atoms with Gasteiger partial charge in [0.25, 0.3) is 0 Å². The maximum Gasteiger partial charge on any atom is 0.0509 e. The molecule has 1 rings (SSSR count). The molecule has 1 aliphatic carbocycles. The third-order valence-corrected chi connectivity index (χ3v) is 6.82. The first-order chi connectivity index (χ1) is 5.63. The van der Waals surface area contributed by atoms with E-state index in [2.05, 4.69) is 45.2 Å². The Balaban J connectivity index is 2.58. The fourth-order valence-electron chi connectivity index (χ4n) is 1.61. The molecule has 2 N–H and O–H groups in total. The normalized spacial score (nSPS) is 35.0. The molecule has 2 unspecified atom stereocenters. The summed E-state index contributed by atoms with van der Waals surface area (Å²) in [4.78, 5) is 0. The number of hydrogen-bond donors (Lipinski definition) is 2. The summed E-state index contributed by atoms with van der Waals surface area (Å²) in [5, 5.41) is 18.4. The van der Waals surface area contributed by atoms with E-state index in [4.69, 9.17) is 0 Å². The van der Waals surface area contributed by atoms with Crippen LogP contribution in [-0.4, -0.2) is 31.3 Å². The summed E-state index contributed by atoms with van der Waals surface area (Å²) < 4.78 is 1.30. The van der Waals surface area contributed by atoms with Gasteiger partial charge in [-0.2, -0.15) is 0 Å². The van der Waals surface area contributed by atoms with E-state index in [1.54, 1.807) is 0 Å². The molecular formula is C8H14I2O2. The number of rotatable bonds is 2. The van der Waals surface area contributed by atoms with E-state index >= 15 is 0 Å². The van der Waals surface area contributed by atoms with Gasteiger partial charge in [0.05, 0.1) is 13.2 Å². The van der Waals surface area contributed by atoms with E-state index in [1.807, 2.05) is 0 Å². The molecular weight excluding hydrogens is 382 g/mol. The molecule has 0 radical (unpaired) electrons. The average Bonchev–Trinajstić information content (AvgIpc) is 2.10. The lowest BCUT2D eigenvalue weighted by molar-refractivity contribution is 0.0289. The van der Waals surface area contributed by atoms with Crippen LogP contribution in [0.3, 0.4) is 0 Å². The van der Waals surface area contributed by atoms with Gasteiger partial charge < -0.3 is 10.2 Å². The van der Waals surface area contributed by atoms with E-state index in [-0.39, 0.29) is 18.6 Å². The molecule has 0 aromatic carbocycles. The van der Waals surface area contributed by atoms with Crippen LogP contribution in [0.1, 0.15) is 19.3 Å². The van der Waals surface area contributed by atoms with E-state index in [0.717, 1.165) is 19.3 Å². The lowest BCUT2D eigenvalue weighted by Crippen LogP contribution is -2.39. The highest BCUT2D eigenvalue weighted by atomic mass is 127. The molecule has 0 bridgehead atoms. The Morgan fingerprint density at radius 1 is 1.17 bits per heavy atom.